The fourth-order valence-electron chi connectivity index (χ4n) is 3.06. The van der Waals surface area contributed by atoms with Crippen LogP contribution in [-0.2, 0) is 27.3 Å². The lowest BCUT2D eigenvalue weighted by atomic mass is 10.1. The lowest BCUT2D eigenvalue weighted by Gasteiger charge is -2.23. The molecule has 0 aliphatic heterocycles. The quantitative estimate of drug-likeness (QED) is 0.206. The van der Waals surface area contributed by atoms with Crippen LogP contribution in [0.15, 0.2) is 78.9 Å². The molecule has 39 heavy (non-hydrogen) atoms. The Bertz CT molecular complexity index is 1250. The zero-order chi connectivity index (χ0) is 29.0. The second kappa shape index (κ2) is 14.1. The van der Waals surface area contributed by atoms with Gasteiger partial charge in [0.15, 0.2) is 0 Å². The summed E-state index contributed by atoms with van der Waals surface area (Å²) in [6.45, 7) is 5.00. The Balaban J connectivity index is 0.000000499. The molecule has 11 heteroatoms. The molecule has 11 nitrogen and oxygen atoms in total. The van der Waals surface area contributed by atoms with Crippen LogP contribution in [0.3, 0.4) is 0 Å². The first kappa shape index (κ1) is 30.3. The van der Waals surface area contributed by atoms with Crippen LogP contribution in [0.1, 0.15) is 42.3 Å². The van der Waals surface area contributed by atoms with Gasteiger partial charge in [0.05, 0.1) is 10.5 Å². The van der Waals surface area contributed by atoms with Gasteiger partial charge in [0.2, 0.25) is 0 Å². The lowest BCUT2D eigenvalue weighted by molar-refractivity contribution is -0.384. The Morgan fingerprint density at radius 2 is 1.49 bits per heavy atom. The van der Waals surface area contributed by atoms with E-state index in [1.807, 2.05) is 0 Å². The zero-order valence-electron chi connectivity index (χ0n) is 21.7. The maximum Gasteiger partial charge on any atom is 0.408 e. The molecule has 0 saturated heterocycles. The molecule has 3 aromatic carbocycles. The Hall–Kier alpha value is -4.93. The number of ether oxygens (including phenoxy) is 2. The SMILES string of the molecule is CC(C)(C)OC(=O)NC(Cc1ccc(O)cc1)C(=O)OCc1ccc([N+](=O)[O-])cc1.O=C(O)c1ccccc1. The van der Waals surface area contributed by atoms with Crippen molar-refractivity contribution in [3.63, 3.8) is 0 Å². The van der Waals surface area contributed by atoms with E-state index in [1.54, 1.807) is 63.2 Å². The third-order valence-electron chi connectivity index (χ3n) is 4.90. The highest BCUT2D eigenvalue weighted by molar-refractivity contribution is 5.87. The Kier molecular flexibility index (Phi) is 11.0. The van der Waals surface area contributed by atoms with Gasteiger partial charge in [-0.15, -0.1) is 0 Å². The van der Waals surface area contributed by atoms with Gasteiger partial charge in [-0.3, -0.25) is 10.1 Å². The molecule has 1 unspecified atom stereocenters. The van der Waals surface area contributed by atoms with Gasteiger partial charge in [-0.05, 0) is 68.3 Å². The van der Waals surface area contributed by atoms with Gasteiger partial charge in [-0.1, -0.05) is 30.3 Å². The monoisotopic (exact) mass is 538 g/mol. The van der Waals surface area contributed by atoms with E-state index in [0.717, 1.165) is 0 Å². The van der Waals surface area contributed by atoms with E-state index >= 15 is 0 Å². The summed E-state index contributed by atoms with van der Waals surface area (Å²) in [5, 5.41) is 31.0. The van der Waals surface area contributed by atoms with Gasteiger partial charge in [-0.2, -0.15) is 0 Å². The number of phenolic OH excluding ortho intramolecular Hbond substituents is 1. The van der Waals surface area contributed by atoms with Crippen molar-refractivity contribution in [2.45, 2.75) is 45.4 Å². The number of carbonyl (C=O) groups excluding carboxylic acids is 2. The van der Waals surface area contributed by atoms with Gasteiger partial charge in [0.25, 0.3) is 5.69 Å². The highest BCUT2D eigenvalue weighted by Gasteiger charge is 2.26. The minimum Gasteiger partial charge on any atom is -0.508 e. The smallest absolute Gasteiger partial charge is 0.408 e. The van der Waals surface area contributed by atoms with Gasteiger partial charge < -0.3 is 25.0 Å². The largest absolute Gasteiger partial charge is 0.508 e. The van der Waals surface area contributed by atoms with Crippen molar-refractivity contribution >= 4 is 23.7 Å². The summed E-state index contributed by atoms with van der Waals surface area (Å²) >= 11 is 0. The molecule has 3 aromatic rings. The summed E-state index contributed by atoms with van der Waals surface area (Å²) in [4.78, 5) is 45.2. The molecule has 0 saturated carbocycles. The van der Waals surface area contributed by atoms with Gasteiger partial charge in [0.1, 0.15) is 24.0 Å². The number of amides is 1. The van der Waals surface area contributed by atoms with Gasteiger partial charge >= 0.3 is 18.0 Å². The van der Waals surface area contributed by atoms with Crippen molar-refractivity contribution < 1.29 is 39.0 Å². The van der Waals surface area contributed by atoms with Crippen LogP contribution >= 0.6 is 0 Å². The molecular weight excluding hydrogens is 508 g/mol. The number of aromatic hydroxyl groups is 1. The van der Waals surface area contributed by atoms with Crippen molar-refractivity contribution in [2.75, 3.05) is 0 Å². The molecule has 0 radical (unpaired) electrons. The highest BCUT2D eigenvalue weighted by atomic mass is 16.6. The first-order valence-electron chi connectivity index (χ1n) is 11.8. The number of aromatic carboxylic acids is 1. The number of carbonyl (C=O) groups is 3. The van der Waals surface area contributed by atoms with Crippen LogP contribution < -0.4 is 5.32 Å². The molecule has 1 amide bonds. The number of carboxylic acids is 1. The summed E-state index contributed by atoms with van der Waals surface area (Å²) in [6.07, 6.45) is -0.642. The number of phenols is 1. The van der Waals surface area contributed by atoms with Crippen molar-refractivity contribution in [3.05, 3.63) is 106 Å². The summed E-state index contributed by atoms with van der Waals surface area (Å²) in [6, 6.07) is 19.1. The Morgan fingerprint density at radius 1 is 0.923 bits per heavy atom. The molecule has 3 N–H and O–H groups in total. The van der Waals surface area contributed by atoms with E-state index in [0.29, 0.717) is 16.7 Å². The maximum atomic E-state index is 12.6. The topological polar surface area (TPSA) is 165 Å². The number of hydrogen-bond donors (Lipinski definition) is 3. The number of alkyl carbamates (subject to hydrolysis) is 1. The number of carboxylic acid groups (broad SMARTS) is 1. The minimum absolute atomic E-state index is 0.0677. The molecular formula is C28H30N2O9. The zero-order valence-corrected chi connectivity index (χ0v) is 21.7. The van der Waals surface area contributed by atoms with Crippen molar-refractivity contribution in [2.24, 2.45) is 0 Å². The highest BCUT2D eigenvalue weighted by Crippen LogP contribution is 2.15. The number of nitrogens with zero attached hydrogens (tertiary/aromatic N) is 1. The standard InChI is InChI=1S/C21H24N2O7.C7H6O2/c1-21(2,3)30-20(26)22-18(12-14-6-10-17(24)11-7-14)19(25)29-13-15-4-8-16(9-5-15)23(27)28;8-7(9)6-4-2-1-3-5-6/h4-11,18,24H,12-13H2,1-3H3,(H,22,26);1-5H,(H,8,9). The molecule has 206 valence electrons. The second-order valence-corrected chi connectivity index (χ2v) is 9.27. The van der Waals surface area contributed by atoms with Crippen molar-refractivity contribution in [1.29, 1.82) is 0 Å². The van der Waals surface area contributed by atoms with E-state index in [1.165, 1.54) is 36.4 Å². The van der Waals surface area contributed by atoms with Gasteiger partial charge in [-0.25, -0.2) is 14.4 Å². The van der Waals surface area contributed by atoms with Crippen LogP contribution in [0, 0.1) is 10.1 Å². The fraction of sp³-hybridized carbons (Fsp3) is 0.250. The van der Waals surface area contributed by atoms with Crippen LogP contribution in [-0.4, -0.2) is 44.8 Å². The van der Waals surface area contributed by atoms with Crippen LogP contribution in [0.4, 0.5) is 10.5 Å². The van der Waals surface area contributed by atoms with E-state index in [4.69, 9.17) is 14.6 Å². The molecule has 1 atom stereocenters. The normalized spacial score (nSPS) is 11.3. The molecule has 0 aromatic heterocycles. The van der Waals surface area contributed by atoms with Crippen molar-refractivity contribution in [3.8, 4) is 5.75 Å². The Morgan fingerprint density at radius 3 is 1.97 bits per heavy atom. The van der Waals surface area contributed by atoms with Crippen LogP contribution in [0.25, 0.3) is 0 Å². The Labute approximate surface area is 225 Å². The van der Waals surface area contributed by atoms with Gasteiger partial charge in [0, 0.05) is 18.6 Å². The molecule has 0 fully saturated rings. The van der Waals surface area contributed by atoms with Crippen LogP contribution in [0.5, 0.6) is 5.75 Å². The van der Waals surface area contributed by atoms with E-state index in [-0.39, 0.29) is 24.5 Å². The summed E-state index contributed by atoms with van der Waals surface area (Å²) in [7, 11) is 0. The average Bonchev–Trinajstić information content (AvgIpc) is 2.88. The van der Waals surface area contributed by atoms with E-state index < -0.39 is 34.6 Å². The molecule has 0 spiro atoms. The third-order valence-corrected chi connectivity index (χ3v) is 4.90. The lowest BCUT2D eigenvalue weighted by Crippen LogP contribution is -2.45. The van der Waals surface area contributed by atoms with Crippen LogP contribution in [0.2, 0.25) is 0 Å². The number of esters is 1. The van der Waals surface area contributed by atoms with E-state index in [9.17, 15) is 29.6 Å². The first-order valence-corrected chi connectivity index (χ1v) is 11.8. The summed E-state index contributed by atoms with van der Waals surface area (Å²) in [5.74, 6) is -1.49. The number of benzene rings is 3. The molecule has 0 bridgehead atoms. The number of nitrogens with one attached hydrogen (secondary N) is 1. The average molecular weight is 539 g/mol. The predicted octanol–water partition coefficient (Wildman–Crippen LogP) is 4.86. The number of rotatable bonds is 8. The molecule has 0 aliphatic rings. The number of hydrogen-bond acceptors (Lipinski definition) is 8. The molecule has 3 rings (SSSR count). The molecule has 0 aliphatic carbocycles. The number of non-ortho nitro benzene ring substituents is 1. The predicted molar refractivity (Wildman–Crippen MR) is 141 cm³/mol. The minimum atomic E-state index is -1.03. The number of nitro benzene ring substituents is 1. The second-order valence-electron chi connectivity index (χ2n) is 9.27. The van der Waals surface area contributed by atoms with E-state index in [2.05, 4.69) is 5.32 Å². The number of nitro groups is 1. The maximum absolute atomic E-state index is 12.6. The fourth-order valence-corrected chi connectivity index (χ4v) is 3.06. The summed E-state index contributed by atoms with van der Waals surface area (Å²) in [5.41, 5.74) is 0.783. The first-order chi connectivity index (χ1) is 18.3. The van der Waals surface area contributed by atoms with Crippen molar-refractivity contribution in [1.82, 2.24) is 5.32 Å². The molecule has 0 heterocycles. The summed E-state index contributed by atoms with van der Waals surface area (Å²) < 4.78 is 10.5. The third kappa shape index (κ3) is 11.3.